The first-order valence-corrected chi connectivity index (χ1v) is 11.3. The Morgan fingerprint density at radius 2 is 2.10 bits per heavy atom. The first-order chi connectivity index (χ1) is 15.2. The molecule has 2 bridgehead atoms. The van der Waals surface area contributed by atoms with Crippen molar-refractivity contribution in [3.63, 3.8) is 0 Å². The van der Waals surface area contributed by atoms with Gasteiger partial charge >= 0.3 is 0 Å². The number of aliphatic hydroxyl groups is 1. The van der Waals surface area contributed by atoms with Crippen LogP contribution in [-0.2, 0) is 0 Å². The average Bonchev–Trinajstić information content (AvgIpc) is 3.29. The van der Waals surface area contributed by atoms with Gasteiger partial charge in [0.1, 0.15) is 22.5 Å². The molecule has 3 N–H and O–H groups in total. The molecular weight excluding hydrogens is 392 g/mol. The molecule has 3 aliphatic rings. The molecule has 9 nitrogen and oxygen atoms in total. The second-order valence-electron chi connectivity index (χ2n) is 9.07. The van der Waals surface area contributed by atoms with Crippen LogP contribution in [0.5, 0.6) is 0 Å². The lowest BCUT2D eigenvalue weighted by Gasteiger charge is -2.34. The molecule has 0 aromatic carbocycles. The number of anilines is 2. The number of aromatic amines is 1. The number of hydrogen-bond donors (Lipinski definition) is 3. The standard InChI is InChI=1S/C22H28N8O/c1-13-12-29(8-7-23-13)19-6-5-14(10-24-19)20-21-16(27-28-20)11-25-22(26-21)30-15-3-2-4-17(30)18(31)9-15/h5-6,10-11,13,15,17-18,23,31H,2-4,7-9,12H2,1H3,(H,27,28)/t13-,15-,17+,18+/m1/s1. The van der Waals surface area contributed by atoms with E-state index in [9.17, 15) is 5.11 Å². The Bertz CT molecular complexity index is 1080. The molecule has 3 saturated heterocycles. The highest BCUT2D eigenvalue weighted by atomic mass is 16.3. The van der Waals surface area contributed by atoms with Crippen molar-refractivity contribution in [2.75, 3.05) is 29.4 Å². The fourth-order valence-corrected chi connectivity index (χ4v) is 5.45. The van der Waals surface area contributed by atoms with Crippen LogP contribution < -0.4 is 15.1 Å². The Morgan fingerprint density at radius 1 is 1.16 bits per heavy atom. The number of piperazine rings is 1. The zero-order valence-corrected chi connectivity index (χ0v) is 17.7. The van der Waals surface area contributed by atoms with Gasteiger partial charge in [-0.25, -0.2) is 15.0 Å². The van der Waals surface area contributed by atoms with Crippen molar-refractivity contribution in [1.29, 1.82) is 0 Å². The number of aliphatic hydroxyl groups excluding tert-OH is 1. The number of pyridine rings is 1. The van der Waals surface area contributed by atoms with Crippen molar-refractivity contribution in [1.82, 2.24) is 30.5 Å². The summed E-state index contributed by atoms with van der Waals surface area (Å²) in [6.07, 6.45) is 7.44. The predicted octanol–water partition coefficient (Wildman–Crippen LogP) is 1.71. The second-order valence-corrected chi connectivity index (χ2v) is 9.07. The van der Waals surface area contributed by atoms with Crippen molar-refractivity contribution in [2.45, 2.75) is 56.8 Å². The molecule has 3 aliphatic heterocycles. The molecule has 3 aromatic rings. The van der Waals surface area contributed by atoms with Gasteiger partial charge in [-0.1, -0.05) is 0 Å². The Hall–Kier alpha value is -2.78. The molecular formula is C22H28N8O. The minimum Gasteiger partial charge on any atom is -0.391 e. The van der Waals surface area contributed by atoms with Gasteiger partial charge in [-0.2, -0.15) is 5.10 Å². The van der Waals surface area contributed by atoms with Gasteiger partial charge in [0.25, 0.3) is 0 Å². The lowest BCUT2D eigenvalue weighted by atomic mass is 10.0. The first kappa shape index (κ1) is 18.9. The summed E-state index contributed by atoms with van der Waals surface area (Å²) >= 11 is 0. The van der Waals surface area contributed by atoms with Crippen LogP contribution in [0.15, 0.2) is 24.5 Å². The number of nitrogens with one attached hydrogen (secondary N) is 2. The minimum absolute atomic E-state index is 0.119. The molecule has 3 fully saturated rings. The Labute approximate surface area is 180 Å². The van der Waals surface area contributed by atoms with E-state index in [0.717, 1.165) is 73.4 Å². The summed E-state index contributed by atoms with van der Waals surface area (Å²) < 4.78 is 0. The number of nitrogens with zero attached hydrogens (tertiary/aromatic N) is 6. The first-order valence-electron chi connectivity index (χ1n) is 11.3. The van der Waals surface area contributed by atoms with Gasteiger partial charge in [-0.3, -0.25) is 5.10 Å². The number of H-pyrrole nitrogens is 1. The van der Waals surface area contributed by atoms with Crippen LogP contribution in [-0.4, -0.2) is 74.1 Å². The highest BCUT2D eigenvalue weighted by Crippen LogP contribution is 2.38. The van der Waals surface area contributed by atoms with Gasteiger partial charge in [0.15, 0.2) is 0 Å². The van der Waals surface area contributed by atoms with Crippen LogP contribution in [0.3, 0.4) is 0 Å². The fraction of sp³-hybridized carbons (Fsp3) is 0.545. The van der Waals surface area contributed by atoms with Gasteiger partial charge in [0.2, 0.25) is 5.95 Å². The van der Waals surface area contributed by atoms with Crippen LogP contribution >= 0.6 is 0 Å². The summed E-state index contributed by atoms with van der Waals surface area (Å²) in [6, 6.07) is 5.04. The predicted molar refractivity (Wildman–Crippen MR) is 119 cm³/mol. The smallest absolute Gasteiger partial charge is 0.226 e. The van der Waals surface area contributed by atoms with Crippen LogP contribution in [0, 0.1) is 0 Å². The normalized spacial score (nSPS) is 28.5. The molecule has 9 heteroatoms. The second kappa shape index (κ2) is 7.42. The lowest BCUT2D eigenvalue weighted by Crippen LogP contribution is -2.49. The van der Waals surface area contributed by atoms with Crippen molar-refractivity contribution >= 4 is 22.8 Å². The number of hydrogen-bond acceptors (Lipinski definition) is 8. The van der Waals surface area contributed by atoms with Crippen LogP contribution in [0.2, 0.25) is 0 Å². The number of rotatable bonds is 3. The van der Waals surface area contributed by atoms with Gasteiger partial charge in [0, 0.05) is 43.5 Å². The topological polar surface area (TPSA) is 106 Å². The molecule has 3 aromatic heterocycles. The Balaban J connectivity index is 1.32. The molecule has 0 saturated carbocycles. The van der Waals surface area contributed by atoms with E-state index in [2.05, 4.69) is 49.4 Å². The third-order valence-corrected chi connectivity index (χ3v) is 6.98. The third kappa shape index (κ3) is 3.23. The largest absolute Gasteiger partial charge is 0.391 e. The summed E-state index contributed by atoms with van der Waals surface area (Å²) in [6.45, 7) is 5.09. The van der Waals surface area contributed by atoms with Crippen LogP contribution in [0.4, 0.5) is 11.8 Å². The molecule has 6 heterocycles. The van der Waals surface area contributed by atoms with E-state index in [0.29, 0.717) is 18.0 Å². The summed E-state index contributed by atoms with van der Waals surface area (Å²) in [7, 11) is 0. The highest BCUT2D eigenvalue weighted by Gasteiger charge is 2.44. The Morgan fingerprint density at radius 3 is 2.90 bits per heavy atom. The van der Waals surface area contributed by atoms with Gasteiger partial charge < -0.3 is 20.2 Å². The number of aromatic nitrogens is 5. The van der Waals surface area contributed by atoms with Gasteiger partial charge in [0.05, 0.1) is 18.3 Å². The molecule has 31 heavy (non-hydrogen) atoms. The Kier molecular flexibility index (Phi) is 4.53. The van der Waals surface area contributed by atoms with Crippen LogP contribution in [0.1, 0.15) is 32.6 Å². The number of piperidine rings is 1. The quantitative estimate of drug-likeness (QED) is 0.588. The monoisotopic (exact) mass is 420 g/mol. The van der Waals surface area contributed by atoms with Crippen molar-refractivity contribution in [3.8, 4) is 11.3 Å². The van der Waals surface area contributed by atoms with Crippen molar-refractivity contribution in [3.05, 3.63) is 24.5 Å². The molecule has 6 rings (SSSR count). The van der Waals surface area contributed by atoms with E-state index in [1.165, 1.54) is 0 Å². The lowest BCUT2D eigenvalue weighted by molar-refractivity contribution is 0.162. The van der Waals surface area contributed by atoms with Gasteiger partial charge in [-0.05, 0) is 44.7 Å². The maximum atomic E-state index is 10.5. The van der Waals surface area contributed by atoms with E-state index >= 15 is 0 Å². The summed E-state index contributed by atoms with van der Waals surface area (Å²) in [5.41, 5.74) is 3.33. The maximum Gasteiger partial charge on any atom is 0.226 e. The minimum atomic E-state index is -0.292. The zero-order valence-electron chi connectivity index (χ0n) is 17.7. The summed E-state index contributed by atoms with van der Waals surface area (Å²) in [4.78, 5) is 18.8. The molecule has 0 spiro atoms. The molecule has 0 amide bonds. The average molecular weight is 421 g/mol. The summed E-state index contributed by atoms with van der Waals surface area (Å²) in [5, 5.41) is 21.5. The molecule has 4 atom stereocenters. The van der Waals surface area contributed by atoms with Gasteiger partial charge in [-0.15, -0.1) is 0 Å². The highest BCUT2D eigenvalue weighted by molar-refractivity contribution is 5.89. The third-order valence-electron chi connectivity index (χ3n) is 6.98. The summed E-state index contributed by atoms with van der Waals surface area (Å²) in [5.74, 6) is 1.69. The van der Waals surface area contributed by atoms with E-state index in [-0.39, 0.29) is 12.1 Å². The zero-order chi connectivity index (χ0) is 20.9. The van der Waals surface area contributed by atoms with E-state index in [1.807, 2.05) is 6.20 Å². The van der Waals surface area contributed by atoms with Crippen molar-refractivity contribution < 1.29 is 5.11 Å². The van der Waals surface area contributed by atoms with E-state index in [1.54, 1.807) is 6.20 Å². The fourth-order valence-electron chi connectivity index (χ4n) is 5.45. The molecule has 162 valence electrons. The SMILES string of the molecule is C[C@@H]1CN(c2ccc(-c3n[nH]c4cnc(N5[C@@H]6CCC[C@H]5[C@@H](O)C6)nc34)cn2)CCN1. The van der Waals surface area contributed by atoms with E-state index in [4.69, 9.17) is 9.97 Å². The molecule has 0 radical (unpaired) electrons. The van der Waals surface area contributed by atoms with E-state index < -0.39 is 0 Å². The molecule has 0 unspecified atom stereocenters. The molecule has 0 aliphatic carbocycles. The van der Waals surface area contributed by atoms with Crippen LogP contribution in [0.25, 0.3) is 22.3 Å². The number of fused-ring (bicyclic) bond motifs is 3. The maximum absolute atomic E-state index is 10.5. The van der Waals surface area contributed by atoms with Crippen molar-refractivity contribution in [2.24, 2.45) is 0 Å².